The van der Waals surface area contributed by atoms with Crippen LogP contribution in [0.4, 0.5) is 4.39 Å². The molecule has 23 heavy (non-hydrogen) atoms. The summed E-state index contributed by atoms with van der Waals surface area (Å²) < 4.78 is 28.3. The summed E-state index contributed by atoms with van der Waals surface area (Å²) in [5.74, 6) is -0.457. The highest BCUT2D eigenvalue weighted by atomic mass is 19.1. The molecule has 1 heterocycles. The van der Waals surface area contributed by atoms with E-state index >= 15 is 0 Å². The molecule has 0 aliphatic carbocycles. The molecular weight excluding hydrogens is 299 g/mol. The second-order valence-corrected chi connectivity index (χ2v) is 5.93. The van der Waals surface area contributed by atoms with Gasteiger partial charge >= 0.3 is 5.97 Å². The van der Waals surface area contributed by atoms with Gasteiger partial charge in [0.1, 0.15) is 5.82 Å². The zero-order chi connectivity index (χ0) is 16.5. The Bertz CT molecular complexity index is 482. The zero-order valence-electron chi connectivity index (χ0n) is 13.7. The number of esters is 1. The third-order valence-corrected chi connectivity index (χ3v) is 4.12. The summed E-state index contributed by atoms with van der Waals surface area (Å²) in [7, 11) is 1.40. The summed E-state index contributed by atoms with van der Waals surface area (Å²) in [5, 5.41) is 0. The Labute approximate surface area is 136 Å². The lowest BCUT2D eigenvalue weighted by Gasteiger charge is -2.09. The molecule has 1 atom stereocenters. The van der Waals surface area contributed by atoms with E-state index in [0.29, 0.717) is 13.2 Å². The third kappa shape index (κ3) is 5.92. The summed E-state index contributed by atoms with van der Waals surface area (Å²) in [6.45, 7) is 1.89. The predicted molar refractivity (Wildman–Crippen MR) is 84.7 cm³/mol. The van der Waals surface area contributed by atoms with Crippen molar-refractivity contribution >= 4 is 5.97 Å². The van der Waals surface area contributed by atoms with Gasteiger partial charge in [0.15, 0.2) is 5.60 Å². The van der Waals surface area contributed by atoms with Gasteiger partial charge < -0.3 is 14.2 Å². The first kappa shape index (κ1) is 17.9. The quantitative estimate of drug-likeness (QED) is 0.356. The van der Waals surface area contributed by atoms with Crippen molar-refractivity contribution in [3.63, 3.8) is 0 Å². The third-order valence-electron chi connectivity index (χ3n) is 4.12. The molecule has 1 aromatic carbocycles. The first-order chi connectivity index (χ1) is 11.2. The topological polar surface area (TPSA) is 48.1 Å². The van der Waals surface area contributed by atoms with Crippen LogP contribution >= 0.6 is 0 Å². The molecule has 0 spiro atoms. The number of hydrogen-bond acceptors (Lipinski definition) is 4. The lowest BCUT2D eigenvalue weighted by Crippen LogP contribution is -2.25. The molecule has 0 amide bonds. The van der Waals surface area contributed by atoms with Crippen LogP contribution in [0.3, 0.4) is 0 Å². The van der Waals surface area contributed by atoms with Crippen LogP contribution in [0.2, 0.25) is 0 Å². The fraction of sp³-hybridized carbons (Fsp3) is 0.611. The van der Waals surface area contributed by atoms with E-state index in [0.717, 1.165) is 50.7 Å². The predicted octanol–water partition coefficient (Wildman–Crippen LogP) is 3.28. The van der Waals surface area contributed by atoms with Crippen LogP contribution in [0, 0.1) is 5.82 Å². The fourth-order valence-corrected chi connectivity index (χ4v) is 2.55. The molecule has 1 unspecified atom stereocenters. The summed E-state index contributed by atoms with van der Waals surface area (Å²) in [6.07, 6.45) is 5.65. The highest BCUT2D eigenvalue weighted by Gasteiger charge is 2.52. The maximum atomic E-state index is 12.8. The monoisotopic (exact) mass is 324 g/mol. The van der Waals surface area contributed by atoms with Crippen LogP contribution in [-0.2, 0) is 25.4 Å². The molecule has 0 N–H and O–H groups in total. The minimum absolute atomic E-state index is 0.208. The Kier molecular flexibility index (Phi) is 6.99. The van der Waals surface area contributed by atoms with Gasteiger partial charge in [-0.1, -0.05) is 25.0 Å². The molecular formula is C18H25FO4. The Morgan fingerprint density at radius 1 is 1.17 bits per heavy atom. The van der Waals surface area contributed by atoms with E-state index in [1.807, 2.05) is 0 Å². The number of epoxide rings is 1. The van der Waals surface area contributed by atoms with E-state index in [-0.39, 0.29) is 11.8 Å². The Hall–Kier alpha value is -1.46. The van der Waals surface area contributed by atoms with Crippen molar-refractivity contribution in [1.82, 2.24) is 0 Å². The molecule has 0 saturated carbocycles. The Morgan fingerprint density at radius 2 is 1.87 bits per heavy atom. The second kappa shape index (κ2) is 8.99. The molecule has 5 heteroatoms. The highest BCUT2D eigenvalue weighted by Crippen LogP contribution is 2.34. The molecule has 1 aromatic rings. The van der Waals surface area contributed by atoms with Gasteiger partial charge in [-0.25, -0.2) is 9.18 Å². The average Bonchev–Trinajstić information content (AvgIpc) is 3.35. The average molecular weight is 324 g/mol. The Balaban J connectivity index is 1.43. The van der Waals surface area contributed by atoms with E-state index in [9.17, 15) is 9.18 Å². The summed E-state index contributed by atoms with van der Waals surface area (Å²) in [6, 6.07) is 6.52. The minimum atomic E-state index is -0.638. The number of unbranched alkanes of at least 4 members (excludes halogenated alkanes) is 3. The van der Waals surface area contributed by atoms with Crippen molar-refractivity contribution in [2.24, 2.45) is 0 Å². The zero-order valence-corrected chi connectivity index (χ0v) is 13.7. The van der Waals surface area contributed by atoms with Crippen LogP contribution in [0.5, 0.6) is 0 Å². The van der Waals surface area contributed by atoms with E-state index < -0.39 is 5.60 Å². The highest BCUT2D eigenvalue weighted by molar-refractivity contribution is 5.82. The minimum Gasteiger partial charge on any atom is -0.467 e. The van der Waals surface area contributed by atoms with Crippen molar-refractivity contribution in [2.45, 2.75) is 44.1 Å². The normalized spacial score (nSPS) is 19.6. The number of carbonyl (C=O) groups is 1. The van der Waals surface area contributed by atoms with E-state index in [1.165, 1.54) is 19.2 Å². The number of ether oxygens (including phenoxy) is 3. The van der Waals surface area contributed by atoms with Crippen molar-refractivity contribution in [3.05, 3.63) is 35.6 Å². The van der Waals surface area contributed by atoms with Crippen LogP contribution in [0.1, 0.15) is 37.7 Å². The SMILES string of the molecule is COC(=O)C1(CCCCCCOCCc2ccc(F)cc2)CO1. The molecule has 4 nitrogen and oxygen atoms in total. The van der Waals surface area contributed by atoms with Crippen molar-refractivity contribution < 1.29 is 23.4 Å². The number of methoxy groups -OCH3 is 1. The van der Waals surface area contributed by atoms with Crippen molar-refractivity contribution in [3.8, 4) is 0 Å². The number of hydrogen-bond donors (Lipinski definition) is 0. The van der Waals surface area contributed by atoms with Crippen LogP contribution in [0.15, 0.2) is 24.3 Å². The summed E-state index contributed by atoms with van der Waals surface area (Å²) in [5.41, 5.74) is 0.448. The van der Waals surface area contributed by atoms with Crippen molar-refractivity contribution in [2.75, 3.05) is 26.9 Å². The first-order valence-electron chi connectivity index (χ1n) is 8.21. The molecule has 0 radical (unpaired) electrons. The summed E-state index contributed by atoms with van der Waals surface area (Å²) in [4.78, 5) is 11.5. The smallest absolute Gasteiger partial charge is 0.340 e. The first-order valence-corrected chi connectivity index (χ1v) is 8.21. The molecule has 1 saturated heterocycles. The second-order valence-electron chi connectivity index (χ2n) is 5.93. The van der Waals surface area contributed by atoms with Gasteiger partial charge in [-0.2, -0.15) is 0 Å². The molecule has 1 aliphatic rings. The number of halogens is 1. The molecule has 2 rings (SSSR count). The van der Waals surface area contributed by atoms with E-state index in [2.05, 4.69) is 0 Å². The van der Waals surface area contributed by atoms with Gasteiger partial charge in [0.25, 0.3) is 0 Å². The molecule has 0 bridgehead atoms. The summed E-state index contributed by atoms with van der Waals surface area (Å²) >= 11 is 0. The Morgan fingerprint density at radius 3 is 2.52 bits per heavy atom. The largest absolute Gasteiger partial charge is 0.467 e. The van der Waals surface area contributed by atoms with Gasteiger partial charge in [0, 0.05) is 6.61 Å². The van der Waals surface area contributed by atoms with Gasteiger partial charge in [-0.15, -0.1) is 0 Å². The molecule has 1 aliphatic heterocycles. The molecule has 128 valence electrons. The van der Waals surface area contributed by atoms with Crippen LogP contribution in [0.25, 0.3) is 0 Å². The standard InChI is InChI=1S/C18H25FO4/c1-21-17(20)18(14-23-18)11-4-2-3-5-12-22-13-10-15-6-8-16(19)9-7-15/h6-9H,2-5,10-14H2,1H3. The van der Waals surface area contributed by atoms with Crippen molar-refractivity contribution in [1.29, 1.82) is 0 Å². The fourth-order valence-electron chi connectivity index (χ4n) is 2.55. The van der Waals surface area contributed by atoms with Gasteiger partial charge in [-0.05, 0) is 43.4 Å². The van der Waals surface area contributed by atoms with Crippen LogP contribution in [-0.4, -0.2) is 38.5 Å². The molecule has 0 aromatic heterocycles. The van der Waals surface area contributed by atoms with Gasteiger partial charge in [-0.3, -0.25) is 0 Å². The number of benzene rings is 1. The lowest BCUT2D eigenvalue weighted by molar-refractivity contribution is -0.147. The maximum Gasteiger partial charge on any atom is 0.340 e. The van der Waals surface area contributed by atoms with Gasteiger partial charge in [0.05, 0.1) is 20.3 Å². The number of rotatable bonds is 11. The van der Waals surface area contributed by atoms with E-state index in [1.54, 1.807) is 12.1 Å². The molecule has 1 fully saturated rings. The van der Waals surface area contributed by atoms with E-state index in [4.69, 9.17) is 14.2 Å². The van der Waals surface area contributed by atoms with Crippen LogP contribution < -0.4 is 0 Å². The maximum absolute atomic E-state index is 12.8. The number of carbonyl (C=O) groups excluding carboxylic acids is 1. The lowest BCUT2D eigenvalue weighted by atomic mass is 10.0. The van der Waals surface area contributed by atoms with Gasteiger partial charge in [0.2, 0.25) is 0 Å².